The molecule has 1 aromatic rings. The van der Waals surface area contributed by atoms with Gasteiger partial charge in [0.25, 0.3) is 0 Å². The number of hydrogen-bond acceptors (Lipinski definition) is 4. The standard InChI is InChI=1S/C18H27ClN2O2/c1-14(2)11-17(20-23-13-18(22)12-21(3)4)10-7-15-5-8-16(19)9-6-15/h5-10,14,18,22H,11-13H2,1-4H3/b10-7+,20-17-/t18-/m1/s1. The van der Waals surface area contributed by atoms with Crippen molar-refractivity contribution in [3.63, 3.8) is 0 Å². The molecule has 0 saturated carbocycles. The molecule has 0 fully saturated rings. The molecule has 1 aromatic carbocycles. The minimum atomic E-state index is -0.547. The lowest BCUT2D eigenvalue weighted by Crippen LogP contribution is -2.29. The van der Waals surface area contributed by atoms with Crippen molar-refractivity contribution >= 4 is 23.4 Å². The number of oxime groups is 1. The molecule has 0 unspecified atom stereocenters. The van der Waals surface area contributed by atoms with Gasteiger partial charge in [-0.1, -0.05) is 48.8 Å². The lowest BCUT2D eigenvalue weighted by atomic mass is 10.1. The fraction of sp³-hybridized carbons (Fsp3) is 0.500. The van der Waals surface area contributed by atoms with Crippen LogP contribution in [0.2, 0.25) is 5.02 Å². The van der Waals surface area contributed by atoms with Crippen LogP contribution in [0, 0.1) is 5.92 Å². The number of hydrogen-bond donors (Lipinski definition) is 1. The average molecular weight is 339 g/mol. The fourth-order valence-electron chi connectivity index (χ4n) is 2.00. The van der Waals surface area contributed by atoms with E-state index < -0.39 is 6.10 Å². The maximum Gasteiger partial charge on any atom is 0.144 e. The van der Waals surface area contributed by atoms with Crippen LogP contribution < -0.4 is 0 Å². The maximum absolute atomic E-state index is 9.78. The van der Waals surface area contributed by atoms with Gasteiger partial charge < -0.3 is 14.8 Å². The Hall–Kier alpha value is -1.36. The molecule has 0 aromatic heterocycles. The van der Waals surface area contributed by atoms with Gasteiger partial charge in [-0.2, -0.15) is 0 Å². The second-order valence-corrected chi connectivity index (χ2v) is 6.71. The largest absolute Gasteiger partial charge is 0.393 e. The van der Waals surface area contributed by atoms with Crippen molar-refractivity contribution < 1.29 is 9.94 Å². The summed E-state index contributed by atoms with van der Waals surface area (Å²) in [5.41, 5.74) is 1.91. The van der Waals surface area contributed by atoms with Crippen LogP contribution in [0.4, 0.5) is 0 Å². The summed E-state index contributed by atoms with van der Waals surface area (Å²) < 4.78 is 0. The Kier molecular flexibility index (Phi) is 8.92. The highest BCUT2D eigenvalue weighted by atomic mass is 35.5. The molecule has 0 aliphatic carbocycles. The van der Waals surface area contributed by atoms with Gasteiger partial charge in [0.05, 0.1) is 5.71 Å². The molecule has 0 heterocycles. The van der Waals surface area contributed by atoms with Crippen molar-refractivity contribution in [2.75, 3.05) is 27.2 Å². The van der Waals surface area contributed by atoms with Gasteiger partial charge >= 0.3 is 0 Å². The summed E-state index contributed by atoms with van der Waals surface area (Å²) in [6.45, 7) is 5.00. The molecule has 23 heavy (non-hydrogen) atoms. The van der Waals surface area contributed by atoms with E-state index in [0.717, 1.165) is 22.7 Å². The highest BCUT2D eigenvalue weighted by molar-refractivity contribution is 6.30. The minimum Gasteiger partial charge on any atom is -0.393 e. The number of rotatable bonds is 9. The minimum absolute atomic E-state index is 0.189. The van der Waals surface area contributed by atoms with E-state index in [1.165, 1.54) is 0 Å². The average Bonchev–Trinajstić information content (AvgIpc) is 2.45. The molecule has 1 N–H and O–H groups in total. The molecular weight excluding hydrogens is 312 g/mol. The zero-order chi connectivity index (χ0) is 17.2. The van der Waals surface area contributed by atoms with Crippen LogP contribution in [-0.2, 0) is 4.84 Å². The summed E-state index contributed by atoms with van der Waals surface area (Å²) in [6, 6.07) is 7.62. The molecule has 0 bridgehead atoms. The molecule has 0 spiro atoms. The number of aliphatic hydroxyl groups is 1. The summed E-state index contributed by atoms with van der Waals surface area (Å²) in [4.78, 5) is 7.22. The molecule has 5 heteroatoms. The van der Waals surface area contributed by atoms with Crippen molar-refractivity contribution in [3.8, 4) is 0 Å². The number of aliphatic hydroxyl groups excluding tert-OH is 1. The van der Waals surface area contributed by atoms with E-state index in [4.69, 9.17) is 16.4 Å². The van der Waals surface area contributed by atoms with E-state index in [-0.39, 0.29) is 6.61 Å². The van der Waals surface area contributed by atoms with Crippen LogP contribution in [0.3, 0.4) is 0 Å². The lowest BCUT2D eigenvalue weighted by Gasteiger charge is -2.14. The molecule has 4 nitrogen and oxygen atoms in total. The molecule has 0 amide bonds. The molecule has 1 rings (SSSR count). The molecule has 0 saturated heterocycles. The van der Waals surface area contributed by atoms with Crippen LogP contribution >= 0.6 is 11.6 Å². The third kappa shape index (κ3) is 9.39. The molecule has 0 aliphatic rings. The van der Waals surface area contributed by atoms with Crippen LogP contribution in [-0.4, -0.2) is 49.1 Å². The van der Waals surface area contributed by atoms with E-state index in [1.807, 2.05) is 55.4 Å². The van der Waals surface area contributed by atoms with Crippen molar-refractivity contribution in [3.05, 3.63) is 40.9 Å². The first-order chi connectivity index (χ1) is 10.9. The Labute approximate surface area is 144 Å². The zero-order valence-corrected chi connectivity index (χ0v) is 15.1. The van der Waals surface area contributed by atoms with Crippen LogP contribution in [0.5, 0.6) is 0 Å². The normalized spacial score (nSPS) is 14.0. The Balaban J connectivity index is 2.64. The first-order valence-electron chi connectivity index (χ1n) is 7.82. The van der Waals surface area contributed by atoms with Gasteiger partial charge in [-0.05, 0) is 50.2 Å². The van der Waals surface area contributed by atoms with E-state index in [9.17, 15) is 5.11 Å². The third-order valence-electron chi connectivity index (χ3n) is 2.98. The van der Waals surface area contributed by atoms with Crippen molar-refractivity contribution in [1.82, 2.24) is 4.90 Å². The van der Waals surface area contributed by atoms with E-state index in [1.54, 1.807) is 0 Å². The first kappa shape index (κ1) is 19.7. The topological polar surface area (TPSA) is 45.1 Å². The van der Waals surface area contributed by atoms with Crippen LogP contribution in [0.1, 0.15) is 25.8 Å². The van der Waals surface area contributed by atoms with E-state index >= 15 is 0 Å². The van der Waals surface area contributed by atoms with Crippen LogP contribution in [0.15, 0.2) is 35.5 Å². The van der Waals surface area contributed by atoms with Gasteiger partial charge in [0.1, 0.15) is 12.7 Å². The summed E-state index contributed by atoms with van der Waals surface area (Å²) in [5, 5.41) is 14.7. The fourth-order valence-corrected chi connectivity index (χ4v) is 2.13. The maximum atomic E-state index is 9.78. The van der Waals surface area contributed by atoms with Gasteiger partial charge in [-0.15, -0.1) is 0 Å². The summed E-state index contributed by atoms with van der Waals surface area (Å²) in [7, 11) is 3.82. The Morgan fingerprint density at radius 2 is 1.96 bits per heavy atom. The molecule has 1 atom stereocenters. The SMILES string of the molecule is CC(C)CC(/C=C/c1ccc(Cl)cc1)=N\OC[C@H](O)CN(C)C. The van der Waals surface area contributed by atoms with Crippen molar-refractivity contribution in [2.24, 2.45) is 11.1 Å². The quantitative estimate of drug-likeness (QED) is 0.551. The van der Waals surface area contributed by atoms with Gasteiger partial charge in [-0.3, -0.25) is 0 Å². The Morgan fingerprint density at radius 1 is 1.30 bits per heavy atom. The number of benzene rings is 1. The van der Waals surface area contributed by atoms with Gasteiger partial charge in [0.15, 0.2) is 0 Å². The van der Waals surface area contributed by atoms with E-state index in [0.29, 0.717) is 12.5 Å². The first-order valence-corrected chi connectivity index (χ1v) is 8.20. The molecule has 0 aliphatic heterocycles. The van der Waals surface area contributed by atoms with Gasteiger partial charge in [-0.25, -0.2) is 0 Å². The van der Waals surface area contributed by atoms with Crippen LogP contribution in [0.25, 0.3) is 6.08 Å². The summed E-state index contributed by atoms with van der Waals surface area (Å²) in [6.07, 6.45) is 4.20. The monoisotopic (exact) mass is 338 g/mol. The Bertz CT molecular complexity index is 510. The predicted molar refractivity (Wildman–Crippen MR) is 97.9 cm³/mol. The van der Waals surface area contributed by atoms with Crippen molar-refractivity contribution in [2.45, 2.75) is 26.4 Å². The Morgan fingerprint density at radius 3 is 2.52 bits per heavy atom. The molecular formula is C18H27ClN2O2. The smallest absolute Gasteiger partial charge is 0.144 e. The molecule has 128 valence electrons. The third-order valence-corrected chi connectivity index (χ3v) is 3.23. The number of nitrogens with zero attached hydrogens (tertiary/aromatic N) is 2. The second-order valence-electron chi connectivity index (χ2n) is 6.28. The number of halogens is 1. The zero-order valence-electron chi connectivity index (χ0n) is 14.4. The molecule has 0 radical (unpaired) electrons. The predicted octanol–water partition coefficient (Wildman–Crippen LogP) is 3.69. The number of allylic oxidation sites excluding steroid dienone is 1. The van der Waals surface area contributed by atoms with Gasteiger partial charge in [0.2, 0.25) is 0 Å². The lowest BCUT2D eigenvalue weighted by molar-refractivity contribution is 0.0268. The number of likely N-dealkylation sites (N-methyl/N-ethyl adjacent to an activating group) is 1. The van der Waals surface area contributed by atoms with Crippen molar-refractivity contribution in [1.29, 1.82) is 0 Å². The summed E-state index contributed by atoms with van der Waals surface area (Å²) in [5.74, 6) is 0.471. The second kappa shape index (κ2) is 10.4. The highest BCUT2D eigenvalue weighted by Gasteiger charge is 2.06. The summed E-state index contributed by atoms with van der Waals surface area (Å²) >= 11 is 5.88. The van der Waals surface area contributed by atoms with Gasteiger partial charge in [0, 0.05) is 11.6 Å². The van der Waals surface area contributed by atoms with E-state index in [2.05, 4.69) is 19.0 Å². The highest BCUT2D eigenvalue weighted by Crippen LogP contribution is 2.12.